The second kappa shape index (κ2) is 6.12. The molecule has 0 unspecified atom stereocenters. The first-order chi connectivity index (χ1) is 10.6. The Morgan fingerprint density at radius 3 is 2.22 bits per heavy atom. The largest absolute Gasteiger partial charge is 0.358 e. The van der Waals surface area contributed by atoms with Crippen LogP contribution in [0.5, 0.6) is 0 Å². The van der Waals surface area contributed by atoms with Crippen molar-refractivity contribution in [2.45, 2.75) is 32.6 Å². The van der Waals surface area contributed by atoms with Gasteiger partial charge in [0.1, 0.15) is 10.6 Å². The van der Waals surface area contributed by atoms with Crippen LogP contribution in [0.3, 0.4) is 0 Å². The lowest BCUT2D eigenvalue weighted by Crippen LogP contribution is -2.22. The smallest absolute Gasteiger partial charge is 0.290 e. The van der Waals surface area contributed by atoms with E-state index in [1.807, 2.05) is 20.8 Å². The fourth-order valence-corrected chi connectivity index (χ4v) is 2.83. The van der Waals surface area contributed by atoms with Crippen LogP contribution < -0.4 is 0 Å². The summed E-state index contributed by atoms with van der Waals surface area (Å²) >= 11 is 0. The minimum Gasteiger partial charge on any atom is -0.290 e. The molecule has 1 aliphatic rings. The summed E-state index contributed by atoms with van der Waals surface area (Å²) in [6.45, 7) is 7.41. The molecule has 0 fully saturated rings. The highest BCUT2D eigenvalue weighted by molar-refractivity contribution is 7.86. The van der Waals surface area contributed by atoms with Crippen molar-refractivity contribution in [3.63, 3.8) is 0 Å². The van der Waals surface area contributed by atoms with E-state index < -0.39 is 10.1 Å². The van der Waals surface area contributed by atoms with Gasteiger partial charge in [0.2, 0.25) is 0 Å². The van der Waals surface area contributed by atoms with E-state index in [1.54, 1.807) is 31.2 Å². The minimum atomic E-state index is -3.98. The van der Waals surface area contributed by atoms with Crippen LogP contribution >= 0.6 is 0 Å². The maximum absolute atomic E-state index is 12.1. The molecule has 1 aromatic carbocycles. The molecular weight excluding hydrogens is 314 g/mol. The number of rotatable bonds is 3. The Labute approximate surface area is 136 Å². The summed E-state index contributed by atoms with van der Waals surface area (Å²) in [6.07, 6.45) is 3.02. The number of oxime groups is 1. The number of nitrogens with zero attached hydrogens (tertiary/aromatic N) is 1. The Bertz CT molecular complexity index is 810. The number of carbonyl (C=O) groups is 1. The highest BCUT2D eigenvalue weighted by Gasteiger charge is 2.27. The van der Waals surface area contributed by atoms with Gasteiger partial charge in [0, 0.05) is 5.57 Å². The standard InChI is InChI=1S/C17H19NO4S/c1-12-10-16(19)14(17(2,3)4)11-15(12)18-22-23(20,21)13-8-6-5-7-9-13/h5-11H,1-4H3/b18-15-. The normalized spacial score (nSPS) is 17.7. The predicted molar refractivity (Wildman–Crippen MR) is 88.4 cm³/mol. The molecule has 0 bridgehead atoms. The quantitative estimate of drug-likeness (QED) is 0.629. The van der Waals surface area contributed by atoms with Gasteiger partial charge >= 0.3 is 10.1 Å². The van der Waals surface area contributed by atoms with E-state index in [9.17, 15) is 13.2 Å². The van der Waals surface area contributed by atoms with Crippen LogP contribution in [0, 0.1) is 5.41 Å². The Hall–Kier alpha value is -2.21. The molecule has 5 nitrogen and oxygen atoms in total. The summed E-state index contributed by atoms with van der Waals surface area (Å²) < 4.78 is 29.0. The van der Waals surface area contributed by atoms with E-state index in [1.165, 1.54) is 18.2 Å². The Morgan fingerprint density at radius 1 is 1.04 bits per heavy atom. The number of benzene rings is 1. The second-order valence-electron chi connectivity index (χ2n) is 6.32. The summed E-state index contributed by atoms with van der Waals surface area (Å²) in [6, 6.07) is 7.78. The van der Waals surface area contributed by atoms with Gasteiger partial charge in [-0.05, 0) is 42.2 Å². The summed E-state index contributed by atoms with van der Waals surface area (Å²) in [7, 11) is -3.98. The van der Waals surface area contributed by atoms with E-state index in [-0.39, 0.29) is 16.1 Å². The van der Waals surface area contributed by atoms with Crippen molar-refractivity contribution in [2.24, 2.45) is 10.6 Å². The van der Waals surface area contributed by atoms with Crippen molar-refractivity contribution >= 4 is 21.6 Å². The van der Waals surface area contributed by atoms with Gasteiger partial charge in [-0.15, -0.1) is 0 Å². The van der Waals surface area contributed by atoms with Crippen LogP contribution in [0.15, 0.2) is 63.7 Å². The molecule has 6 heteroatoms. The Balaban J connectivity index is 2.34. The van der Waals surface area contributed by atoms with E-state index in [0.717, 1.165) is 0 Å². The molecule has 0 aromatic heterocycles. The lowest BCUT2D eigenvalue weighted by atomic mass is 9.80. The maximum Gasteiger partial charge on any atom is 0.358 e. The molecule has 0 spiro atoms. The lowest BCUT2D eigenvalue weighted by molar-refractivity contribution is -0.112. The minimum absolute atomic E-state index is 0.0258. The van der Waals surface area contributed by atoms with Crippen molar-refractivity contribution in [3.8, 4) is 0 Å². The molecule has 0 radical (unpaired) electrons. The van der Waals surface area contributed by atoms with Crippen LogP contribution in [-0.2, 0) is 19.2 Å². The van der Waals surface area contributed by atoms with Crippen molar-refractivity contribution in [3.05, 3.63) is 53.6 Å². The zero-order valence-electron chi connectivity index (χ0n) is 13.5. The van der Waals surface area contributed by atoms with Crippen molar-refractivity contribution in [2.75, 3.05) is 0 Å². The molecule has 0 aliphatic heterocycles. The summed E-state index contributed by atoms with van der Waals surface area (Å²) in [5.74, 6) is -0.0973. The number of hydrogen-bond donors (Lipinski definition) is 0. The van der Waals surface area contributed by atoms with Crippen LogP contribution in [0.25, 0.3) is 0 Å². The Morgan fingerprint density at radius 2 is 1.65 bits per heavy atom. The van der Waals surface area contributed by atoms with Crippen molar-refractivity contribution < 1.29 is 17.5 Å². The van der Waals surface area contributed by atoms with E-state index >= 15 is 0 Å². The van der Waals surface area contributed by atoms with Crippen LogP contribution in [-0.4, -0.2) is 19.9 Å². The van der Waals surface area contributed by atoms with Crippen LogP contribution in [0.4, 0.5) is 0 Å². The number of carbonyl (C=O) groups excluding carboxylic acids is 1. The lowest BCUT2D eigenvalue weighted by Gasteiger charge is -2.23. The zero-order valence-corrected chi connectivity index (χ0v) is 14.3. The number of allylic oxidation sites excluding steroid dienone is 4. The van der Waals surface area contributed by atoms with Gasteiger partial charge in [-0.2, -0.15) is 8.42 Å². The molecule has 2 rings (SSSR count). The van der Waals surface area contributed by atoms with Gasteiger partial charge in [0.15, 0.2) is 5.78 Å². The van der Waals surface area contributed by atoms with Gasteiger partial charge in [-0.1, -0.05) is 44.1 Å². The molecule has 0 saturated heterocycles. The van der Waals surface area contributed by atoms with Crippen molar-refractivity contribution in [1.82, 2.24) is 0 Å². The maximum atomic E-state index is 12.1. The number of hydrogen-bond acceptors (Lipinski definition) is 5. The average molecular weight is 333 g/mol. The highest BCUT2D eigenvalue weighted by Crippen LogP contribution is 2.29. The molecule has 0 atom stereocenters. The topological polar surface area (TPSA) is 72.8 Å². The molecular formula is C17H19NO4S. The predicted octanol–water partition coefficient (Wildman–Crippen LogP) is 3.25. The monoisotopic (exact) mass is 333 g/mol. The third kappa shape index (κ3) is 3.96. The van der Waals surface area contributed by atoms with Gasteiger partial charge in [-0.25, -0.2) is 0 Å². The zero-order chi connectivity index (χ0) is 17.3. The first-order valence-electron chi connectivity index (χ1n) is 7.13. The average Bonchev–Trinajstić information content (AvgIpc) is 2.46. The molecule has 0 N–H and O–H groups in total. The molecule has 122 valence electrons. The summed E-state index contributed by atoms with van der Waals surface area (Å²) in [5, 5.41) is 3.74. The molecule has 0 saturated carbocycles. The van der Waals surface area contributed by atoms with E-state index in [0.29, 0.717) is 16.9 Å². The van der Waals surface area contributed by atoms with Crippen molar-refractivity contribution in [1.29, 1.82) is 0 Å². The molecule has 1 aliphatic carbocycles. The van der Waals surface area contributed by atoms with Gasteiger partial charge in [0.05, 0.1) is 0 Å². The van der Waals surface area contributed by atoms with Crippen LogP contribution in [0.1, 0.15) is 27.7 Å². The third-order valence-corrected chi connectivity index (χ3v) is 4.49. The molecule has 0 heterocycles. The van der Waals surface area contributed by atoms with Gasteiger partial charge in [-0.3, -0.25) is 9.08 Å². The molecule has 23 heavy (non-hydrogen) atoms. The first kappa shape index (κ1) is 17.1. The fraction of sp³-hybridized carbons (Fsp3) is 0.294. The molecule has 0 amide bonds. The molecule has 1 aromatic rings. The Kier molecular flexibility index (Phi) is 4.56. The SMILES string of the molecule is CC1=CC(=O)C(C(C)(C)C)=C/C1=N/OS(=O)(=O)c1ccccc1. The van der Waals surface area contributed by atoms with Gasteiger partial charge in [0.25, 0.3) is 0 Å². The van der Waals surface area contributed by atoms with Crippen LogP contribution in [0.2, 0.25) is 0 Å². The van der Waals surface area contributed by atoms with Gasteiger partial charge < -0.3 is 0 Å². The number of ketones is 1. The van der Waals surface area contributed by atoms with E-state index in [2.05, 4.69) is 5.16 Å². The second-order valence-corrected chi connectivity index (χ2v) is 7.85. The third-order valence-electron chi connectivity index (χ3n) is 3.37. The summed E-state index contributed by atoms with van der Waals surface area (Å²) in [5.41, 5.74) is 1.08. The van der Waals surface area contributed by atoms with E-state index in [4.69, 9.17) is 4.28 Å². The fourth-order valence-electron chi connectivity index (χ4n) is 2.07. The summed E-state index contributed by atoms with van der Waals surface area (Å²) in [4.78, 5) is 12.1. The highest BCUT2D eigenvalue weighted by atomic mass is 32.2. The first-order valence-corrected chi connectivity index (χ1v) is 8.54.